The third kappa shape index (κ3) is 4.68. The molecule has 2 N–H and O–H groups in total. The number of nitrogens with zero attached hydrogens (tertiary/aromatic N) is 1. The first-order chi connectivity index (χ1) is 7.61. The number of benzene rings is 1. The summed E-state index contributed by atoms with van der Waals surface area (Å²) in [7, 11) is 0. The van der Waals surface area contributed by atoms with E-state index in [4.69, 9.17) is 18.0 Å². The van der Waals surface area contributed by atoms with Crippen LogP contribution in [0.1, 0.15) is 18.9 Å². The minimum Gasteiger partial charge on any atom is -0.392 e. The number of thiocarbonyl (C=S) groups is 1. The van der Waals surface area contributed by atoms with Crippen molar-refractivity contribution in [3.63, 3.8) is 0 Å². The van der Waals surface area contributed by atoms with E-state index in [0.29, 0.717) is 18.1 Å². The molecule has 0 saturated heterocycles. The highest BCUT2D eigenvalue weighted by atomic mass is 32.1. The quantitative estimate of drug-likeness (QED) is 0.774. The maximum absolute atomic E-state index is 13.0. The van der Waals surface area contributed by atoms with E-state index in [9.17, 15) is 4.39 Å². The second-order valence-electron chi connectivity index (χ2n) is 3.81. The molecule has 0 bridgehead atoms. The zero-order valence-corrected chi connectivity index (χ0v) is 10.3. The summed E-state index contributed by atoms with van der Waals surface area (Å²) >= 11 is 4.89. The summed E-state index contributed by atoms with van der Waals surface area (Å²) < 4.78 is 13.0. The van der Waals surface area contributed by atoms with Crippen LogP contribution in [0.3, 0.4) is 0 Å². The topological polar surface area (TPSA) is 29.3 Å². The van der Waals surface area contributed by atoms with Gasteiger partial charge in [-0.2, -0.15) is 0 Å². The molecule has 0 amide bonds. The molecule has 0 atom stereocenters. The van der Waals surface area contributed by atoms with E-state index in [1.807, 2.05) is 6.07 Å². The fourth-order valence-corrected chi connectivity index (χ4v) is 1.83. The SMILES string of the molecule is CCCN(CC(N)=S)Cc1cccc(F)c1. The highest BCUT2D eigenvalue weighted by molar-refractivity contribution is 7.80. The molecular formula is C12H17FN2S. The summed E-state index contributed by atoms with van der Waals surface area (Å²) in [5, 5.41) is 0. The van der Waals surface area contributed by atoms with E-state index in [-0.39, 0.29) is 5.82 Å². The fourth-order valence-electron chi connectivity index (χ4n) is 1.64. The average molecular weight is 240 g/mol. The Labute approximate surface area is 101 Å². The van der Waals surface area contributed by atoms with Crippen LogP contribution in [0.4, 0.5) is 4.39 Å². The number of hydrogen-bond acceptors (Lipinski definition) is 2. The molecule has 16 heavy (non-hydrogen) atoms. The largest absolute Gasteiger partial charge is 0.392 e. The average Bonchev–Trinajstić information content (AvgIpc) is 2.16. The van der Waals surface area contributed by atoms with Gasteiger partial charge in [0.1, 0.15) is 5.82 Å². The van der Waals surface area contributed by atoms with Gasteiger partial charge in [-0.15, -0.1) is 0 Å². The van der Waals surface area contributed by atoms with Gasteiger partial charge < -0.3 is 5.73 Å². The molecule has 0 unspecified atom stereocenters. The number of nitrogens with two attached hydrogens (primary N) is 1. The summed E-state index contributed by atoms with van der Waals surface area (Å²) in [6, 6.07) is 6.62. The first-order valence-corrected chi connectivity index (χ1v) is 5.77. The van der Waals surface area contributed by atoms with E-state index in [2.05, 4.69) is 11.8 Å². The van der Waals surface area contributed by atoms with Gasteiger partial charge in [-0.05, 0) is 30.7 Å². The van der Waals surface area contributed by atoms with E-state index in [0.717, 1.165) is 18.5 Å². The highest BCUT2D eigenvalue weighted by Gasteiger charge is 2.06. The van der Waals surface area contributed by atoms with Crippen molar-refractivity contribution in [1.82, 2.24) is 4.90 Å². The van der Waals surface area contributed by atoms with Crippen molar-refractivity contribution in [3.05, 3.63) is 35.6 Å². The zero-order valence-electron chi connectivity index (χ0n) is 9.45. The monoisotopic (exact) mass is 240 g/mol. The Morgan fingerprint density at radius 1 is 1.50 bits per heavy atom. The van der Waals surface area contributed by atoms with E-state index in [1.54, 1.807) is 12.1 Å². The van der Waals surface area contributed by atoms with Gasteiger partial charge >= 0.3 is 0 Å². The van der Waals surface area contributed by atoms with Crippen LogP contribution < -0.4 is 5.73 Å². The van der Waals surface area contributed by atoms with Crippen LogP contribution in [-0.4, -0.2) is 23.0 Å². The van der Waals surface area contributed by atoms with Crippen molar-refractivity contribution in [1.29, 1.82) is 0 Å². The maximum Gasteiger partial charge on any atom is 0.123 e. The van der Waals surface area contributed by atoms with Crippen LogP contribution in [0.25, 0.3) is 0 Å². The van der Waals surface area contributed by atoms with E-state index < -0.39 is 0 Å². The molecule has 1 rings (SSSR count). The van der Waals surface area contributed by atoms with Crippen LogP contribution in [-0.2, 0) is 6.54 Å². The Morgan fingerprint density at radius 2 is 2.25 bits per heavy atom. The van der Waals surface area contributed by atoms with Gasteiger partial charge in [0, 0.05) is 13.1 Å². The van der Waals surface area contributed by atoms with Crippen molar-refractivity contribution in [2.24, 2.45) is 5.73 Å². The fraction of sp³-hybridized carbons (Fsp3) is 0.417. The minimum absolute atomic E-state index is 0.204. The molecule has 0 aliphatic carbocycles. The van der Waals surface area contributed by atoms with Crippen molar-refractivity contribution < 1.29 is 4.39 Å². The van der Waals surface area contributed by atoms with Crippen LogP contribution in [0, 0.1) is 5.82 Å². The molecule has 0 fully saturated rings. The smallest absolute Gasteiger partial charge is 0.123 e. The lowest BCUT2D eigenvalue weighted by Crippen LogP contribution is -2.32. The summed E-state index contributed by atoms with van der Waals surface area (Å²) in [5.74, 6) is -0.204. The molecule has 1 aromatic carbocycles. The maximum atomic E-state index is 13.0. The number of hydrogen-bond donors (Lipinski definition) is 1. The van der Waals surface area contributed by atoms with Crippen molar-refractivity contribution in [3.8, 4) is 0 Å². The molecule has 0 aromatic heterocycles. The van der Waals surface area contributed by atoms with Gasteiger partial charge in [0.15, 0.2) is 0 Å². The molecule has 2 nitrogen and oxygen atoms in total. The Hall–Kier alpha value is -1.00. The Kier molecular flexibility index (Phi) is 5.35. The Bertz CT molecular complexity index is 355. The van der Waals surface area contributed by atoms with E-state index >= 15 is 0 Å². The lowest BCUT2D eigenvalue weighted by Gasteiger charge is -2.20. The van der Waals surface area contributed by atoms with Gasteiger partial charge in [0.25, 0.3) is 0 Å². The van der Waals surface area contributed by atoms with Gasteiger partial charge in [-0.25, -0.2) is 4.39 Å². The Balaban J connectivity index is 2.63. The third-order valence-electron chi connectivity index (χ3n) is 2.21. The summed E-state index contributed by atoms with van der Waals surface area (Å²) in [5.41, 5.74) is 6.47. The molecular weight excluding hydrogens is 223 g/mol. The summed E-state index contributed by atoms with van der Waals surface area (Å²) in [6.07, 6.45) is 1.03. The first-order valence-electron chi connectivity index (χ1n) is 5.37. The molecule has 0 radical (unpaired) electrons. The van der Waals surface area contributed by atoms with Crippen LogP contribution in [0.2, 0.25) is 0 Å². The van der Waals surface area contributed by atoms with Gasteiger partial charge in [-0.1, -0.05) is 31.3 Å². The van der Waals surface area contributed by atoms with Crippen LogP contribution in [0.15, 0.2) is 24.3 Å². The second-order valence-corrected chi connectivity index (χ2v) is 4.33. The predicted molar refractivity (Wildman–Crippen MR) is 68.8 cm³/mol. The molecule has 0 spiro atoms. The van der Waals surface area contributed by atoms with Crippen molar-refractivity contribution >= 4 is 17.2 Å². The van der Waals surface area contributed by atoms with Crippen LogP contribution in [0.5, 0.6) is 0 Å². The normalized spacial score (nSPS) is 10.7. The standard InChI is InChI=1S/C12H17FN2S/c1-2-6-15(9-12(14)16)8-10-4-3-5-11(13)7-10/h3-5,7H,2,6,8-9H2,1H3,(H2,14,16). The van der Waals surface area contributed by atoms with E-state index in [1.165, 1.54) is 6.07 Å². The molecule has 88 valence electrons. The molecule has 0 heterocycles. The molecule has 0 aliphatic rings. The molecule has 1 aromatic rings. The van der Waals surface area contributed by atoms with Crippen molar-refractivity contribution in [2.75, 3.05) is 13.1 Å². The number of rotatable bonds is 6. The third-order valence-corrected chi connectivity index (χ3v) is 2.34. The second kappa shape index (κ2) is 6.55. The van der Waals surface area contributed by atoms with Gasteiger partial charge in [0.05, 0.1) is 4.99 Å². The van der Waals surface area contributed by atoms with Crippen molar-refractivity contribution in [2.45, 2.75) is 19.9 Å². The summed E-state index contributed by atoms with van der Waals surface area (Å²) in [6.45, 7) is 4.27. The predicted octanol–water partition coefficient (Wildman–Crippen LogP) is 2.32. The summed E-state index contributed by atoms with van der Waals surface area (Å²) in [4.78, 5) is 2.60. The Morgan fingerprint density at radius 3 is 2.81 bits per heavy atom. The first kappa shape index (κ1) is 13.1. The van der Waals surface area contributed by atoms with Gasteiger partial charge in [0.2, 0.25) is 0 Å². The highest BCUT2D eigenvalue weighted by Crippen LogP contribution is 2.07. The number of halogens is 1. The minimum atomic E-state index is -0.204. The zero-order chi connectivity index (χ0) is 12.0. The molecule has 0 aliphatic heterocycles. The molecule has 0 saturated carbocycles. The van der Waals surface area contributed by atoms with Gasteiger partial charge in [-0.3, -0.25) is 4.90 Å². The lowest BCUT2D eigenvalue weighted by molar-refractivity contribution is 0.304. The molecule has 4 heteroatoms. The lowest BCUT2D eigenvalue weighted by atomic mass is 10.2. The van der Waals surface area contributed by atoms with Crippen LogP contribution >= 0.6 is 12.2 Å².